The molecule has 0 N–H and O–H groups in total. The van der Waals surface area contributed by atoms with Crippen molar-refractivity contribution in [2.24, 2.45) is 5.41 Å². The molecule has 4 nitrogen and oxygen atoms in total. The molecule has 2 fully saturated rings. The number of methoxy groups -OCH3 is 1. The molecule has 0 aromatic heterocycles. The van der Waals surface area contributed by atoms with E-state index in [4.69, 9.17) is 9.47 Å². The third-order valence-electron chi connectivity index (χ3n) is 7.50. The summed E-state index contributed by atoms with van der Waals surface area (Å²) in [4.78, 5) is 16.2. The van der Waals surface area contributed by atoms with Gasteiger partial charge in [0.2, 0.25) is 0 Å². The lowest BCUT2D eigenvalue weighted by molar-refractivity contribution is -0.159. The van der Waals surface area contributed by atoms with Crippen LogP contribution in [0.2, 0.25) is 0 Å². The summed E-state index contributed by atoms with van der Waals surface area (Å²) in [6.45, 7) is 1.35. The second-order valence-electron chi connectivity index (χ2n) is 8.76. The number of esters is 1. The number of carbonyl (C=O) groups is 1. The predicted molar refractivity (Wildman–Crippen MR) is 116 cm³/mol. The molecule has 30 heavy (non-hydrogen) atoms. The molecule has 6 rings (SSSR count). The summed E-state index contributed by atoms with van der Waals surface area (Å²) in [5.41, 5.74) is 1.60. The Balaban J connectivity index is 1.65. The Morgan fingerprint density at radius 3 is 2.70 bits per heavy atom. The minimum absolute atomic E-state index is 0.0440. The van der Waals surface area contributed by atoms with Crippen LogP contribution in [0.4, 0.5) is 0 Å². The molecule has 0 radical (unpaired) electrons. The van der Waals surface area contributed by atoms with Crippen molar-refractivity contribution >= 4 is 16.7 Å². The molecule has 3 aromatic rings. The van der Waals surface area contributed by atoms with E-state index >= 15 is 0 Å². The largest absolute Gasteiger partial charge is 0.492 e. The maximum absolute atomic E-state index is 13.6. The van der Waals surface area contributed by atoms with Gasteiger partial charge in [-0.2, -0.15) is 0 Å². The van der Waals surface area contributed by atoms with E-state index in [2.05, 4.69) is 65.6 Å². The molecule has 0 amide bonds. The first-order valence-corrected chi connectivity index (χ1v) is 10.8. The number of benzene rings is 3. The second kappa shape index (κ2) is 6.58. The van der Waals surface area contributed by atoms with Crippen molar-refractivity contribution in [3.8, 4) is 5.75 Å². The van der Waals surface area contributed by atoms with Gasteiger partial charge in [0.1, 0.15) is 17.8 Å². The molecule has 3 aliphatic rings. The standard InChI is InChI=1S/C26H25NO3/c1-29-25(28)26-16-30-21-14-13-17-8-5-6-11-19(17)22(21)24(26)27-15-7-12-20(27)23(26)18-9-3-2-4-10-18/h2-6,8-11,13-14,20,23-24H,7,12,15-16H2,1H3/t20-,23-,24-,26+/m1/s1. The van der Waals surface area contributed by atoms with E-state index in [9.17, 15) is 4.79 Å². The molecule has 0 spiro atoms. The van der Waals surface area contributed by atoms with Gasteiger partial charge in [0.25, 0.3) is 0 Å². The number of fused-ring (bicyclic) bond motifs is 7. The van der Waals surface area contributed by atoms with Crippen LogP contribution in [0.25, 0.3) is 10.8 Å². The van der Waals surface area contributed by atoms with Gasteiger partial charge in [0.15, 0.2) is 0 Å². The number of hydrogen-bond donors (Lipinski definition) is 0. The molecular weight excluding hydrogens is 374 g/mol. The summed E-state index contributed by atoms with van der Waals surface area (Å²) in [6.07, 6.45) is 2.25. The van der Waals surface area contributed by atoms with Crippen molar-refractivity contribution in [1.29, 1.82) is 0 Å². The van der Waals surface area contributed by atoms with Crippen molar-refractivity contribution in [2.45, 2.75) is 30.8 Å². The quantitative estimate of drug-likeness (QED) is 0.586. The number of nitrogens with zero attached hydrogens (tertiary/aromatic N) is 1. The maximum Gasteiger partial charge on any atom is 0.317 e. The minimum atomic E-state index is -0.752. The normalized spacial score (nSPS) is 29.7. The van der Waals surface area contributed by atoms with E-state index in [1.54, 1.807) is 0 Å². The zero-order valence-corrected chi connectivity index (χ0v) is 17.1. The zero-order valence-electron chi connectivity index (χ0n) is 17.1. The Morgan fingerprint density at radius 2 is 1.87 bits per heavy atom. The molecule has 3 aromatic carbocycles. The molecule has 3 aliphatic heterocycles. The first-order valence-electron chi connectivity index (χ1n) is 10.8. The van der Waals surface area contributed by atoms with Crippen LogP contribution in [0, 0.1) is 5.41 Å². The van der Waals surface area contributed by atoms with Gasteiger partial charge in [-0.1, -0.05) is 60.7 Å². The van der Waals surface area contributed by atoms with Gasteiger partial charge in [-0.25, -0.2) is 0 Å². The molecule has 0 aliphatic carbocycles. The van der Waals surface area contributed by atoms with Crippen molar-refractivity contribution < 1.29 is 14.3 Å². The number of hydrogen-bond acceptors (Lipinski definition) is 4. The van der Waals surface area contributed by atoms with E-state index in [0.29, 0.717) is 12.6 Å². The van der Waals surface area contributed by atoms with Gasteiger partial charge in [0, 0.05) is 17.5 Å². The minimum Gasteiger partial charge on any atom is -0.492 e. The fourth-order valence-electron chi connectivity index (χ4n) is 6.44. The lowest BCUT2D eigenvalue weighted by atomic mass is 9.65. The van der Waals surface area contributed by atoms with E-state index in [1.165, 1.54) is 23.4 Å². The Kier molecular flexibility index (Phi) is 3.94. The predicted octanol–water partition coefficient (Wildman–Crippen LogP) is 4.69. The van der Waals surface area contributed by atoms with E-state index in [0.717, 1.165) is 30.7 Å². The van der Waals surface area contributed by atoms with Crippen LogP contribution in [0.15, 0.2) is 66.7 Å². The Hall–Kier alpha value is -2.85. The van der Waals surface area contributed by atoms with Crippen molar-refractivity contribution in [3.63, 3.8) is 0 Å². The fraction of sp³-hybridized carbons (Fsp3) is 0.346. The molecule has 4 atom stereocenters. The van der Waals surface area contributed by atoms with Gasteiger partial charge in [-0.05, 0) is 41.8 Å². The van der Waals surface area contributed by atoms with Crippen LogP contribution < -0.4 is 4.74 Å². The molecule has 152 valence electrons. The van der Waals surface area contributed by atoms with Gasteiger partial charge in [-0.15, -0.1) is 0 Å². The summed E-state index contributed by atoms with van der Waals surface area (Å²) in [6, 6.07) is 23.4. The molecule has 0 saturated carbocycles. The van der Waals surface area contributed by atoms with Gasteiger partial charge < -0.3 is 9.47 Å². The average Bonchev–Trinajstić information content (AvgIpc) is 3.37. The lowest BCUT2D eigenvalue weighted by Gasteiger charge is -2.43. The molecule has 3 heterocycles. The van der Waals surface area contributed by atoms with E-state index in [-0.39, 0.29) is 17.9 Å². The molecule has 0 unspecified atom stereocenters. The number of carbonyl (C=O) groups excluding carboxylic acids is 1. The Bertz CT molecular complexity index is 1130. The highest BCUT2D eigenvalue weighted by atomic mass is 16.5. The van der Waals surface area contributed by atoms with Crippen molar-refractivity contribution in [2.75, 3.05) is 20.3 Å². The first kappa shape index (κ1) is 18.0. The van der Waals surface area contributed by atoms with Crippen molar-refractivity contribution in [1.82, 2.24) is 4.90 Å². The summed E-state index contributed by atoms with van der Waals surface area (Å²) in [5.74, 6) is 0.790. The summed E-state index contributed by atoms with van der Waals surface area (Å²) in [5, 5.41) is 2.35. The molecule has 2 saturated heterocycles. The SMILES string of the molecule is COC(=O)[C@]12COc3ccc4ccccc4c3[C@H]1N1CCC[C@@H]1[C@H]2c1ccccc1. The third-order valence-corrected chi connectivity index (χ3v) is 7.50. The highest BCUT2D eigenvalue weighted by Gasteiger charge is 2.68. The lowest BCUT2D eigenvalue weighted by Crippen LogP contribution is -2.49. The number of rotatable bonds is 2. The van der Waals surface area contributed by atoms with Gasteiger partial charge in [0.05, 0.1) is 13.2 Å². The average molecular weight is 399 g/mol. The Morgan fingerprint density at radius 1 is 1.07 bits per heavy atom. The third kappa shape index (κ3) is 2.23. The summed E-state index contributed by atoms with van der Waals surface area (Å²) in [7, 11) is 1.51. The van der Waals surface area contributed by atoms with Crippen LogP contribution in [-0.2, 0) is 9.53 Å². The monoisotopic (exact) mass is 399 g/mol. The highest BCUT2D eigenvalue weighted by molar-refractivity contribution is 5.91. The van der Waals surface area contributed by atoms with E-state index < -0.39 is 5.41 Å². The topological polar surface area (TPSA) is 38.8 Å². The maximum atomic E-state index is 13.6. The summed E-state index contributed by atoms with van der Waals surface area (Å²) >= 11 is 0. The molecule has 0 bridgehead atoms. The smallest absolute Gasteiger partial charge is 0.317 e. The number of ether oxygens (including phenoxy) is 2. The van der Waals surface area contributed by atoms with Crippen LogP contribution in [-0.4, -0.2) is 37.2 Å². The highest BCUT2D eigenvalue weighted by Crippen LogP contribution is 2.64. The van der Waals surface area contributed by atoms with Crippen LogP contribution >= 0.6 is 0 Å². The van der Waals surface area contributed by atoms with Crippen LogP contribution in [0.3, 0.4) is 0 Å². The Labute approximate surface area is 176 Å². The molecule has 4 heteroatoms. The fourth-order valence-corrected chi connectivity index (χ4v) is 6.44. The van der Waals surface area contributed by atoms with Crippen LogP contribution in [0.5, 0.6) is 5.75 Å². The summed E-state index contributed by atoms with van der Waals surface area (Å²) < 4.78 is 11.9. The van der Waals surface area contributed by atoms with Crippen molar-refractivity contribution in [3.05, 3.63) is 77.9 Å². The van der Waals surface area contributed by atoms with E-state index in [1.807, 2.05) is 6.07 Å². The zero-order chi connectivity index (χ0) is 20.3. The van der Waals surface area contributed by atoms with Crippen LogP contribution in [0.1, 0.15) is 35.9 Å². The van der Waals surface area contributed by atoms with Gasteiger partial charge in [-0.3, -0.25) is 9.69 Å². The second-order valence-corrected chi connectivity index (χ2v) is 8.76. The molecular formula is C26H25NO3. The first-order chi connectivity index (χ1) is 14.8. The van der Waals surface area contributed by atoms with Gasteiger partial charge >= 0.3 is 5.97 Å².